The minimum Gasteiger partial charge on any atom is -0.303 e. The zero-order valence-corrected chi connectivity index (χ0v) is 16.8. The molecule has 0 aliphatic carbocycles. The van der Waals surface area contributed by atoms with E-state index in [1.807, 2.05) is 25.1 Å². The van der Waals surface area contributed by atoms with E-state index in [0.717, 1.165) is 11.1 Å². The maximum Gasteiger partial charge on any atom is 0.258 e. The van der Waals surface area contributed by atoms with Gasteiger partial charge in [0.2, 0.25) is 5.91 Å². The lowest BCUT2D eigenvalue weighted by molar-refractivity contribution is 0.0937. The van der Waals surface area contributed by atoms with Gasteiger partial charge in [-0.1, -0.05) is 36.7 Å². The van der Waals surface area contributed by atoms with Crippen molar-refractivity contribution in [3.05, 3.63) is 75.9 Å². The van der Waals surface area contributed by atoms with E-state index in [2.05, 4.69) is 6.07 Å². The third-order valence-electron chi connectivity index (χ3n) is 5.25. The highest BCUT2D eigenvalue weighted by molar-refractivity contribution is 6.31. The van der Waals surface area contributed by atoms with Gasteiger partial charge in [-0.05, 0) is 42.3 Å². The Bertz CT molecular complexity index is 1190. The maximum absolute atomic E-state index is 13.3. The molecule has 2 aromatic carbocycles. The van der Waals surface area contributed by atoms with Crippen LogP contribution in [0.25, 0.3) is 11.3 Å². The number of aromatic nitrogens is 1. The van der Waals surface area contributed by atoms with Crippen LogP contribution < -0.4 is 4.90 Å². The van der Waals surface area contributed by atoms with E-state index in [1.54, 1.807) is 35.2 Å². The summed E-state index contributed by atoms with van der Waals surface area (Å²) in [6.45, 7) is 3.66. The van der Waals surface area contributed by atoms with E-state index in [-0.39, 0.29) is 18.4 Å². The standard InChI is InChI=1S/C23H18ClN3O2/c1-3-17-19-13-26(23(29)15-7-5-4-6-8-15)20-11-16(24)9-10-18(20)22(19)27(14(2)28)21(17)12-25/h4-11H,3,13H2,1-2H3. The van der Waals surface area contributed by atoms with E-state index in [0.29, 0.717) is 39.6 Å². The third-order valence-corrected chi connectivity index (χ3v) is 5.48. The number of rotatable bonds is 2. The van der Waals surface area contributed by atoms with Crippen LogP contribution in [0, 0.1) is 11.3 Å². The van der Waals surface area contributed by atoms with Crippen molar-refractivity contribution in [2.24, 2.45) is 0 Å². The van der Waals surface area contributed by atoms with Gasteiger partial charge in [-0.2, -0.15) is 5.26 Å². The molecule has 1 aromatic heterocycles. The molecule has 0 spiro atoms. The van der Waals surface area contributed by atoms with Crippen LogP contribution in [0.5, 0.6) is 0 Å². The number of nitrogens with zero attached hydrogens (tertiary/aromatic N) is 3. The summed E-state index contributed by atoms with van der Waals surface area (Å²) in [7, 11) is 0. The summed E-state index contributed by atoms with van der Waals surface area (Å²) < 4.78 is 1.46. The summed E-state index contributed by atoms with van der Waals surface area (Å²) in [5.41, 5.74) is 4.54. The first-order chi connectivity index (χ1) is 14.0. The average molecular weight is 404 g/mol. The summed E-state index contributed by atoms with van der Waals surface area (Å²) in [6.07, 6.45) is 0.585. The van der Waals surface area contributed by atoms with Gasteiger partial charge in [0.1, 0.15) is 11.8 Å². The van der Waals surface area contributed by atoms with Gasteiger partial charge in [0, 0.05) is 28.6 Å². The molecule has 0 N–H and O–H groups in total. The molecular formula is C23H18ClN3O2. The van der Waals surface area contributed by atoms with Crippen molar-refractivity contribution >= 4 is 29.1 Å². The normalized spacial score (nSPS) is 12.1. The van der Waals surface area contributed by atoms with Gasteiger partial charge in [-0.15, -0.1) is 0 Å². The number of halogens is 1. The first kappa shape index (κ1) is 19.0. The summed E-state index contributed by atoms with van der Waals surface area (Å²) in [4.78, 5) is 27.4. The summed E-state index contributed by atoms with van der Waals surface area (Å²) in [5, 5.41) is 10.2. The molecular weight excluding hydrogens is 386 g/mol. The predicted octanol–water partition coefficient (Wildman–Crippen LogP) is 5.06. The lowest BCUT2D eigenvalue weighted by Crippen LogP contribution is -2.33. The number of amides is 1. The average Bonchev–Trinajstić information content (AvgIpc) is 3.06. The fourth-order valence-electron chi connectivity index (χ4n) is 4.02. The molecule has 0 fully saturated rings. The summed E-state index contributed by atoms with van der Waals surface area (Å²) in [5.74, 6) is -0.392. The number of fused-ring (bicyclic) bond motifs is 3. The third kappa shape index (κ3) is 2.93. The molecule has 0 bridgehead atoms. The van der Waals surface area contributed by atoms with Gasteiger partial charge in [-0.3, -0.25) is 14.2 Å². The van der Waals surface area contributed by atoms with Crippen LogP contribution in [0.3, 0.4) is 0 Å². The number of benzene rings is 2. The lowest BCUT2D eigenvalue weighted by atomic mass is 9.95. The SMILES string of the molecule is CCc1c2c(n(C(C)=O)c1C#N)-c1ccc(Cl)cc1N(C(=O)c1ccccc1)C2. The molecule has 4 rings (SSSR count). The largest absolute Gasteiger partial charge is 0.303 e. The highest BCUT2D eigenvalue weighted by atomic mass is 35.5. The van der Waals surface area contributed by atoms with Crippen molar-refractivity contribution < 1.29 is 9.59 Å². The number of anilines is 1. The zero-order valence-electron chi connectivity index (χ0n) is 16.1. The van der Waals surface area contributed by atoms with Crippen LogP contribution in [0.1, 0.15) is 45.8 Å². The van der Waals surface area contributed by atoms with Crippen LogP contribution in [0.15, 0.2) is 48.5 Å². The molecule has 6 heteroatoms. The van der Waals surface area contributed by atoms with Crippen molar-refractivity contribution in [2.45, 2.75) is 26.8 Å². The van der Waals surface area contributed by atoms with E-state index in [4.69, 9.17) is 11.6 Å². The molecule has 5 nitrogen and oxygen atoms in total. The van der Waals surface area contributed by atoms with Crippen LogP contribution >= 0.6 is 11.6 Å². The number of nitriles is 1. The smallest absolute Gasteiger partial charge is 0.258 e. The lowest BCUT2D eigenvalue weighted by Gasteiger charge is -2.31. The molecule has 1 aliphatic rings. The van der Waals surface area contributed by atoms with E-state index >= 15 is 0 Å². The molecule has 1 aliphatic heterocycles. The highest BCUT2D eigenvalue weighted by Crippen LogP contribution is 2.44. The van der Waals surface area contributed by atoms with Crippen molar-refractivity contribution in [3.8, 4) is 17.3 Å². The molecule has 2 heterocycles. The Morgan fingerprint density at radius 3 is 2.52 bits per heavy atom. The highest BCUT2D eigenvalue weighted by Gasteiger charge is 2.34. The molecule has 144 valence electrons. The van der Waals surface area contributed by atoms with Gasteiger partial charge < -0.3 is 4.90 Å². The summed E-state index contributed by atoms with van der Waals surface area (Å²) in [6, 6.07) is 16.5. The van der Waals surface area contributed by atoms with E-state index < -0.39 is 0 Å². The predicted molar refractivity (Wildman–Crippen MR) is 112 cm³/mol. The second-order valence-electron chi connectivity index (χ2n) is 6.89. The second-order valence-corrected chi connectivity index (χ2v) is 7.33. The molecule has 0 radical (unpaired) electrons. The van der Waals surface area contributed by atoms with Gasteiger partial charge in [0.25, 0.3) is 5.91 Å². The molecule has 0 atom stereocenters. The monoisotopic (exact) mass is 403 g/mol. The first-order valence-corrected chi connectivity index (χ1v) is 9.70. The molecule has 0 saturated carbocycles. The van der Waals surface area contributed by atoms with Crippen molar-refractivity contribution in [3.63, 3.8) is 0 Å². The topological polar surface area (TPSA) is 66.1 Å². The van der Waals surface area contributed by atoms with Crippen molar-refractivity contribution in [2.75, 3.05) is 4.90 Å². The molecule has 0 saturated heterocycles. The Balaban J connectivity index is 2.01. The van der Waals surface area contributed by atoms with Gasteiger partial charge in [0.15, 0.2) is 0 Å². The number of carbonyl (C=O) groups is 2. The first-order valence-electron chi connectivity index (χ1n) is 9.32. The minimum absolute atomic E-state index is 0.157. The number of hydrogen-bond acceptors (Lipinski definition) is 3. The molecule has 3 aromatic rings. The fraction of sp³-hybridized carbons (Fsp3) is 0.174. The van der Waals surface area contributed by atoms with Gasteiger partial charge >= 0.3 is 0 Å². The van der Waals surface area contributed by atoms with Crippen molar-refractivity contribution in [1.82, 2.24) is 4.57 Å². The Hall–Kier alpha value is -3.36. The fourth-order valence-corrected chi connectivity index (χ4v) is 4.19. The van der Waals surface area contributed by atoms with Gasteiger partial charge in [-0.25, -0.2) is 0 Å². The number of carbonyl (C=O) groups excluding carboxylic acids is 2. The quantitative estimate of drug-likeness (QED) is 0.600. The Labute approximate surface area is 173 Å². The summed E-state index contributed by atoms with van der Waals surface area (Å²) >= 11 is 6.25. The van der Waals surface area contributed by atoms with Crippen LogP contribution in [-0.4, -0.2) is 16.4 Å². The van der Waals surface area contributed by atoms with Crippen molar-refractivity contribution in [1.29, 1.82) is 5.26 Å². The molecule has 29 heavy (non-hydrogen) atoms. The van der Waals surface area contributed by atoms with Gasteiger partial charge in [0.05, 0.1) is 17.9 Å². The Kier molecular flexibility index (Phi) is 4.73. The molecule has 0 unspecified atom stereocenters. The van der Waals surface area contributed by atoms with Crippen LogP contribution in [-0.2, 0) is 13.0 Å². The number of hydrogen-bond donors (Lipinski definition) is 0. The Morgan fingerprint density at radius 2 is 1.90 bits per heavy atom. The van der Waals surface area contributed by atoms with Crippen LogP contribution in [0.2, 0.25) is 5.02 Å². The Morgan fingerprint density at radius 1 is 1.17 bits per heavy atom. The second kappa shape index (κ2) is 7.23. The zero-order chi connectivity index (χ0) is 20.7. The maximum atomic E-state index is 13.3. The van der Waals surface area contributed by atoms with Crippen LogP contribution in [0.4, 0.5) is 5.69 Å². The van der Waals surface area contributed by atoms with E-state index in [9.17, 15) is 14.9 Å². The van der Waals surface area contributed by atoms with E-state index in [1.165, 1.54) is 11.5 Å². The minimum atomic E-state index is -0.235. The molecule has 1 amide bonds.